The van der Waals surface area contributed by atoms with E-state index in [1.165, 1.54) is 0 Å². The molecule has 1 saturated carbocycles. The largest absolute Gasteiger partial charge is 0.339 e. The minimum atomic E-state index is 0.0870. The normalized spacial score (nSPS) is 15.0. The molecule has 0 bridgehead atoms. The van der Waals surface area contributed by atoms with Gasteiger partial charge in [-0.05, 0) is 32.7 Å². The minimum absolute atomic E-state index is 0.0870. The van der Waals surface area contributed by atoms with Gasteiger partial charge in [0.25, 0.3) is 5.91 Å². The topological polar surface area (TPSA) is 64.2 Å². The van der Waals surface area contributed by atoms with Crippen LogP contribution in [0.25, 0.3) is 0 Å². The number of hydrogen-bond acceptors (Lipinski definition) is 3. The van der Waals surface area contributed by atoms with Gasteiger partial charge in [-0.1, -0.05) is 0 Å². The van der Waals surface area contributed by atoms with E-state index in [0.717, 1.165) is 37.1 Å². The SMILES string of the molecule is Cc1c(C(=O)N(C)C2CC2)cnn1CCCN. The van der Waals surface area contributed by atoms with E-state index in [1.807, 2.05) is 23.6 Å². The van der Waals surface area contributed by atoms with Gasteiger partial charge < -0.3 is 10.6 Å². The molecule has 1 aromatic heterocycles. The molecular weight excluding hydrogens is 216 g/mol. The zero-order valence-corrected chi connectivity index (χ0v) is 10.5. The highest BCUT2D eigenvalue weighted by molar-refractivity contribution is 5.95. The number of aromatic nitrogens is 2. The van der Waals surface area contributed by atoms with Crippen molar-refractivity contribution >= 4 is 5.91 Å². The maximum Gasteiger partial charge on any atom is 0.257 e. The van der Waals surface area contributed by atoms with E-state index in [-0.39, 0.29) is 5.91 Å². The molecule has 2 rings (SSSR count). The molecular formula is C12H20N4O. The van der Waals surface area contributed by atoms with Gasteiger partial charge in [-0.25, -0.2) is 0 Å². The third kappa shape index (κ3) is 2.49. The van der Waals surface area contributed by atoms with Crippen LogP contribution in [0.1, 0.15) is 35.3 Å². The summed E-state index contributed by atoms with van der Waals surface area (Å²) in [6.07, 6.45) is 4.81. The van der Waals surface area contributed by atoms with Crippen LogP contribution in [-0.2, 0) is 6.54 Å². The number of aryl methyl sites for hydroxylation is 1. The quantitative estimate of drug-likeness (QED) is 0.821. The first-order chi connectivity index (χ1) is 8.15. The van der Waals surface area contributed by atoms with Crippen LogP contribution in [0.3, 0.4) is 0 Å². The average molecular weight is 236 g/mol. The number of rotatable bonds is 5. The Hall–Kier alpha value is -1.36. The molecule has 1 aliphatic carbocycles. The maximum atomic E-state index is 12.2. The van der Waals surface area contributed by atoms with Crippen molar-refractivity contribution in [2.24, 2.45) is 5.73 Å². The third-order valence-electron chi connectivity index (χ3n) is 3.32. The Bertz CT molecular complexity index is 409. The van der Waals surface area contributed by atoms with Crippen LogP contribution in [0.5, 0.6) is 0 Å². The van der Waals surface area contributed by atoms with Crippen molar-refractivity contribution in [3.8, 4) is 0 Å². The van der Waals surface area contributed by atoms with Crippen molar-refractivity contribution in [2.75, 3.05) is 13.6 Å². The zero-order chi connectivity index (χ0) is 12.4. The van der Waals surface area contributed by atoms with Gasteiger partial charge in [0.05, 0.1) is 11.8 Å². The van der Waals surface area contributed by atoms with Crippen LogP contribution >= 0.6 is 0 Å². The highest BCUT2D eigenvalue weighted by Gasteiger charge is 2.31. The number of nitrogens with zero attached hydrogens (tertiary/aromatic N) is 3. The Morgan fingerprint density at radius 3 is 2.94 bits per heavy atom. The second-order valence-corrected chi connectivity index (χ2v) is 4.66. The fraction of sp³-hybridized carbons (Fsp3) is 0.667. The van der Waals surface area contributed by atoms with Gasteiger partial charge in [0.1, 0.15) is 0 Å². The Morgan fingerprint density at radius 1 is 1.65 bits per heavy atom. The standard InChI is InChI=1S/C12H20N4O/c1-9-11(8-14-16(9)7-3-6-13)12(17)15(2)10-4-5-10/h8,10H,3-7,13H2,1-2H3. The molecule has 2 N–H and O–H groups in total. The molecule has 0 radical (unpaired) electrons. The molecule has 1 aliphatic rings. The third-order valence-corrected chi connectivity index (χ3v) is 3.32. The van der Waals surface area contributed by atoms with E-state index in [0.29, 0.717) is 12.6 Å². The molecule has 1 heterocycles. The number of hydrogen-bond donors (Lipinski definition) is 1. The molecule has 1 amide bonds. The second kappa shape index (κ2) is 4.87. The molecule has 94 valence electrons. The molecule has 5 heteroatoms. The molecule has 5 nitrogen and oxygen atoms in total. The highest BCUT2D eigenvalue weighted by atomic mass is 16.2. The van der Waals surface area contributed by atoms with Crippen molar-refractivity contribution in [3.63, 3.8) is 0 Å². The number of amides is 1. The summed E-state index contributed by atoms with van der Waals surface area (Å²) in [5, 5.41) is 4.25. The minimum Gasteiger partial charge on any atom is -0.339 e. The fourth-order valence-electron chi connectivity index (χ4n) is 1.94. The Morgan fingerprint density at radius 2 is 2.35 bits per heavy atom. The lowest BCUT2D eigenvalue weighted by molar-refractivity contribution is 0.0784. The van der Waals surface area contributed by atoms with Crippen molar-refractivity contribution in [2.45, 2.75) is 38.8 Å². The van der Waals surface area contributed by atoms with Crippen LogP contribution in [0, 0.1) is 6.92 Å². The fourth-order valence-corrected chi connectivity index (χ4v) is 1.94. The smallest absolute Gasteiger partial charge is 0.257 e. The van der Waals surface area contributed by atoms with Crippen molar-refractivity contribution in [1.29, 1.82) is 0 Å². The lowest BCUT2D eigenvalue weighted by Crippen LogP contribution is -2.29. The molecule has 0 aromatic carbocycles. The van der Waals surface area contributed by atoms with Crippen molar-refractivity contribution < 1.29 is 4.79 Å². The summed E-state index contributed by atoms with van der Waals surface area (Å²) in [4.78, 5) is 14.0. The van der Waals surface area contributed by atoms with E-state index in [4.69, 9.17) is 5.73 Å². The summed E-state index contributed by atoms with van der Waals surface area (Å²) in [6, 6.07) is 0.439. The van der Waals surface area contributed by atoms with E-state index >= 15 is 0 Å². The predicted molar refractivity (Wildman–Crippen MR) is 65.8 cm³/mol. The molecule has 0 spiro atoms. The van der Waals surface area contributed by atoms with E-state index in [2.05, 4.69) is 5.10 Å². The summed E-state index contributed by atoms with van der Waals surface area (Å²) < 4.78 is 1.86. The van der Waals surface area contributed by atoms with Crippen molar-refractivity contribution in [3.05, 3.63) is 17.5 Å². The molecule has 0 atom stereocenters. The van der Waals surface area contributed by atoms with Crippen LogP contribution in [0.2, 0.25) is 0 Å². The predicted octanol–water partition coefficient (Wildman–Crippen LogP) is 0.775. The molecule has 17 heavy (non-hydrogen) atoms. The summed E-state index contributed by atoms with van der Waals surface area (Å²) in [6.45, 7) is 3.37. The second-order valence-electron chi connectivity index (χ2n) is 4.66. The highest BCUT2D eigenvalue weighted by Crippen LogP contribution is 2.27. The summed E-state index contributed by atoms with van der Waals surface area (Å²) in [5.74, 6) is 0.0870. The van der Waals surface area contributed by atoms with Gasteiger partial charge in [0, 0.05) is 25.3 Å². The van der Waals surface area contributed by atoms with Crippen LogP contribution in [0.15, 0.2) is 6.20 Å². The Labute approximate surface area is 102 Å². The Balaban J connectivity index is 2.09. The van der Waals surface area contributed by atoms with Crippen LogP contribution in [0.4, 0.5) is 0 Å². The number of nitrogens with two attached hydrogens (primary N) is 1. The van der Waals surface area contributed by atoms with E-state index in [1.54, 1.807) is 6.20 Å². The summed E-state index contributed by atoms with van der Waals surface area (Å²) >= 11 is 0. The van der Waals surface area contributed by atoms with Gasteiger partial charge >= 0.3 is 0 Å². The van der Waals surface area contributed by atoms with E-state index < -0.39 is 0 Å². The van der Waals surface area contributed by atoms with Gasteiger partial charge in [0.15, 0.2) is 0 Å². The van der Waals surface area contributed by atoms with Gasteiger partial charge in [0.2, 0.25) is 0 Å². The monoisotopic (exact) mass is 236 g/mol. The van der Waals surface area contributed by atoms with Crippen molar-refractivity contribution in [1.82, 2.24) is 14.7 Å². The first kappa shape index (κ1) is 12.1. The summed E-state index contributed by atoms with van der Waals surface area (Å²) in [5.41, 5.74) is 7.13. The molecule has 0 saturated heterocycles. The lowest BCUT2D eigenvalue weighted by atomic mass is 10.2. The molecule has 0 unspecified atom stereocenters. The first-order valence-corrected chi connectivity index (χ1v) is 6.14. The number of carbonyl (C=O) groups is 1. The van der Waals surface area contributed by atoms with Crippen LogP contribution < -0.4 is 5.73 Å². The van der Waals surface area contributed by atoms with Gasteiger partial charge in [-0.15, -0.1) is 0 Å². The lowest BCUT2D eigenvalue weighted by Gasteiger charge is -2.15. The summed E-state index contributed by atoms with van der Waals surface area (Å²) in [7, 11) is 1.87. The Kier molecular flexibility index (Phi) is 3.47. The molecule has 0 aliphatic heterocycles. The maximum absolute atomic E-state index is 12.2. The average Bonchev–Trinajstić information content (AvgIpc) is 3.10. The molecule has 1 aromatic rings. The zero-order valence-electron chi connectivity index (χ0n) is 10.5. The number of carbonyl (C=O) groups excluding carboxylic acids is 1. The van der Waals surface area contributed by atoms with Gasteiger partial charge in [-0.2, -0.15) is 5.10 Å². The van der Waals surface area contributed by atoms with E-state index in [9.17, 15) is 4.79 Å². The molecule has 1 fully saturated rings. The first-order valence-electron chi connectivity index (χ1n) is 6.14. The van der Waals surface area contributed by atoms with Gasteiger partial charge in [-0.3, -0.25) is 9.48 Å². The van der Waals surface area contributed by atoms with Crippen LogP contribution in [-0.4, -0.2) is 40.2 Å².